The van der Waals surface area contributed by atoms with Crippen LogP contribution in [0.5, 0.6) is 0 Å². The first-order chi connectivity index (χ1) is 6.11. The van der Waals surface area contributed by atoms with E-state index < -0.39 is 17.7 Å². The number of nitrogens with zero attached hydrogens (tertiary/aromatic N) is 2. The van der Waals surface area contributed by atoms with Gasteiger partial charge in [-0.25, -0.2) is 9.59 Å². The highest BCUT2D eigenvalue weighted by Gasteiger charge is 2.12. The van der Waals surface area contributed by atoms with Gasteiger partial charge < -0.3 is 9.57 Å². The van der Waals surface area contributed by atoms with Crippen molar-refractivity contribution in [2.45, 2.75) is 13.8 Å². The number of carbonyl (C=O) groups is 2. The summed E-state index contributed by atoms with van der Waals surface area (Å²) in [5.41, 5.74) is -0.586. The minimum Gasteiger partial charge on any atom is -0.461 e. The first-order valence-corrected chi connectivity index (χ1v) is 3.44. The lowest BCUT2D eigenvalue weighted by molar-refractivity contribution is -0.141. The molecule has 6 nitrogen and oxygen atoms in total. The van der Waals surface area contributed by atoms with E-state index >= 15 is 0 Å². The molecule has 0 aliphatic heterocycles. The van der Waals surface area contributed by atoms with E-state index in [2.05, 4.69) is 14.7 Å². The first-order valence-electron chi connectivity index (χ1n) is 3.44. The average Bonchev–Trinajstić information content (AvgIpc) is 2.05. The maximum absolute atomic E-state index is 10.8. The highest BCUT2D eigenvalue weighted by molar-refractivity contribution is 6.42. The normalized spacial score (nSPS) is 10.1. The van der Waals surface area contributed by atoms with Crippen molar-refractivity contribution in [3.8, 4) is 6.07 Å². The third kappa shape index (κ3) is 4.53. The van der Waals surface area contributed by atoms with Crippen LogP contribution in [0.25, 0.3) is 0 Å². The predicted molar refractivity (Wildman–Crippen MR) is 41.4 cm³/mol. The van der Waals surface area contributed by atoms with Gasteiger partial charge in [0.25, 0.3) is 5.71 Å². The summed E-state index contributed by atoms with van der Waals surface area (Å²) in [6.07, 6.45) is 0. The van der Waals surface area contributed by atoms with E-state index in [-0.39, 0.29) is 6.61 Å². The van der Waals surface area contributed by atoms with Gasteiger partial charge in [0, 0.05) is 6.92 Å². The zero-order chi connectivity index (χ0) is 10.3. The maximum atomic E-state index is 10.8. The molecule has 6 heteroatoms. The van der Waals surface area contributed by atoms with Gasteiger partial charge in [-0.3, -0.25) is 0 Å². The number of carbonyl (C=O) groups excluding carboxylic acids is 2. The van der Waals surface area contributed by atoms with Crippen molar-refractivity contribution in [1.29, 1.82) is 5.26 Å². The SMILES string of the molecule is CCOC(=O)/C(C#N)=N\OC(C)=O. The van der Waals surface area contributed by atoms with Gasteiger partial charge in [-0.05, 0) is 6.92 Å². The van der Waals surface area contributed by atoms with Crippen molar-refractivity contribution in [2.24, 2.45) is 5.16 Å². The number of rotatable bonds is 3. The second kappa shape index (κ2) is 5.71. The summed E-state index contributed by atoms with van der Waals surface area (Å²) in [5.74, 6) is -1.62. The smallest absolute Gasteiger partial charge is 0.371 e. The molecule has 0 atom stereocenters. The molecule has 0 saturated heterocycles. The standard InChI is InChI=1S/C7H8N2O4/c1-3-12-7(11)6(4-8)9-13-5(2)10/h3H2,1-2H3/b9-6-. The van der Waals surface area contributed by atoms with E-state index in [1.54, 1.807) is 6.92 Å². The zero-order valence-corrected chi connectivity index (χ0v) is 7.23. The fourth-order valence-electron chi connectivity index (χ4n) is 0.413. The van der Waals surface area contributed by atoms with Crippen LogP contribution in [-0.4, -0.2) is 24.3 Å². The van der Waals surface area contributed by atoms with Crippen LogP contribution >= 0.6 is 0 Å². The van der Waals surface area contributed by atoms with Crippen LogP contribution in [0.4, 0.5) is 0 Å². The van der Waals surface area contributed by atoms with E-state index in [9.17, 15) is 9.59 Å². The van der Waals surface area contributed by atoms with Crippen LogP contribution in [0.2, 0.25) is 0 Å². The molecule has 0 aromatic heterocycles. The highest BCUT2D eigenvalue weighted by Crippen LogP contribution is 1.86. The molecule has 0 heterocycles. The second-order valence-electron chi connectivity index (χ2n) is 1.86. The van der Waals surface area contributed by atoms with Gasteiger partial charge in [-0.1, -0.05) is 5.16 Å². The van der Waals surface area contributed by atoms with E-state index in [1.165, 1.54) is 6.07 Å². The van der Waals surface area contributed by atoms with Gasteiger partial charge in [-0.15, -0.1) is 0 Å². The molecule has 0 N–H and O–H groups in total. The lowest BCUT2D eigenvalue weighted by Gasteiger charge is -1.96. The molecule has 0 aromatic rings. The Hall–Kier alpha value is -1.90. The molecule has 0 aromatic carbocycles. The van der Waals surface area contributed by atoms with Crippen molar-refractivity contribution in [3.05, 3.63) is 0 Å². The van der Waals surface area contributed by atoms with Crippen LogP contribution in [-0.2, 0) is 19.2 Å². The lowest BCUT2D eigenvalue weighted by atomic mass is 10.4. The Morgan fingerprint density at radius 2 is 2.15 bits per heavy atom. The van der Waals surface area contributed by atoms with Gasteiger partial charge in [0.1, 0.15) is 6.07 Å². The van der Waals surface area contributed by atoms with E-state index in [4.69, 9.17) is 5.26 Å². The van der Waals surface area contributed by atoms with Crippen molar-refractivity contribution in [2.75, 3.05) is 6.61 Å². The fourth-order valence-corrected chi connectivity index (χ4v) is 0.413. The van der Waals surface area contributed by atoms with E-state index in [0.29, 0.717) is 0 Å². The fraction of sp³-hybridized carbons (Fsp3) is 0.429. The predicted octanol–water partition coefficient (Wildman–Crippen LogP) is -0.00782. The number of esters is 1. The molecular formula is C7H8N2O4. The molecule has 70 valence electrons. The maximum Gasteiger partial charge on any atom is 0.371 e. The van der Waals surface area contributed by atoms with E-state index in [0.717, 1.165) is 6.92 Å². The Kier molecular flexibility index (Phi) is 4.88. The molecular weight excluding hydrogens is 176 g/mol. The number of nitriles is 1. The molecule has 0 spiro atoms. The Morgan fingerprint density at radius 3 is 2.54 bits per heavy atom. The Bertz CT molecular complexity index is 277. The van der Waals surface area contributed by atoms with E-state index in [1.807, 2.05) is 0 Å². The topological polar surface area (TPSA) is 88.8 Å². The summed E-state index contributed by atoms with van der Waals surface area (Å²) >= 11 is 0. The second-order valence-corrected chi connectivity index (χ2v) is 1.86. The minimum absolute atomic E-state index is 0.125. The summed E-state index contributed by atoms with van der Waals surface area (Å²) in [6, 6.07) is 1.44. The molecule has 13 heavy (non-hydrogen) atoms. The monoisotopic (exact) mass is 184 g/mol. The first kappa shape index (κ1) is 11.1. The van der Waals surface area contributed by atoms with Gasteiger partial charge in [0.2, 0.25) is 0 Å². The summed E-state index contributed by atoms with van der Waals surface area (Å²) in [6.45, 7) is 2.81. The van der Waals surface area contributed by atoms with Crippen molar-refractivity contribution >= 4 is 17.7 Å². The average molecular weight is 184 g/mol. The number of hydrogen-bond donors (Lipinski definition) is 0. The van der Waals surface area contributed by atoms with Crippen molar-refractivity contribution in [1.82, 2.24) is 0 Å². The summed E-state index contributed by atoms with van der Waals surface area (Å²) in [7, 11) is 0. The largest absolute Gasteiger partial charge is 0.461 e. The molecule has 0 unspecified atom stereocenters. The Morgan fingerprint density at radius 1 is 1.54 bits per heavy atom. The van der Waals surface area contributed by atoms with Gasteiger partial charge in [0.15, 0.2) is 0 Å². The number of oxime groups is 1. The van der Waals surface area contributed by atoms with Crippen LogP contribution in [0, 0.1) is 11.3 Å². The zero-order valence-electron chi connectivity index (χ0n) is 7.23. The molecule has 0 bridgehead atoms. The lowest BCUT2D eigenvalue weighted by Crippen LogP contribution is -2.16. The molecule has 0 fully saturated rings. The quantitative estimate of drug-likeness (QED) is 0.266. The number of hydrogen-bond acceptors (Lipinski definition) is 6. The molecule has 0 amide bonds. The van der Waals surface area contributed by atoms with Crippen molar-refractivity contribution < 1.29 is 19.2 Å². The Balaban J connectivity index is 4.34. The summed E-state index contributed by atoms with van der Waals surface area (Å²) in [5, 5.41) is 11.4. The number of ether oxygens (including phenoxy) is 1. The molecule has 0 saturated carbocycles. The van der Waals surface area contributed by atoms with Crippen LogP contribution in [0.1, 0.15) is 13.8 Å². The van der Waals surface area contributed by atoms with Crippen LogP contribution in [0.15, 0.2) is 5.16 Å². The van der Waals surface area contributed by atoms with Gasteiger partial charge in [-0.2, -0.15) is 5.26 Å². The molecule has 0 rings (SSSR count). The minimum atomic E-state index is -0.911. The third-order valence-electron chi connectivity index (χ3n) is 0.840. The third-order valence-corrected chi connectivity index (χ3v) is 0.840. The van der Waals surface area contributed by atoms with Gasteiger partial charge >= 0.3 is 11.9 Å². The molecule has 0 radical (unpaired) electrons. The highest BCUT2D eigenvalue weighted by atomic mass is 16.7. The molecule has 0 aliphatic rings. The Labute approximate surface area is 74.7 Å². The summed E-state index contributed by atoms with van der Waals surface area (Å²) < 4.78 is 4.44. The summed E-state index contributed by atoms with van der Waals surface area (Å²) in [4.78, 5) is 25.2. The van der Waals surface area contributed by atoms with Crippen LogP contribution < -0.4 is 0 Å². The van der Waals surface area contributed by atoms with Crippen molar-refractivity contribution in [3.63, 3.8) is 0 Å². The van der Waals surface area contributed by atoms with Crippen LogP contribution in [0.3, 0.4) is 0 Å². The van der Waals surface area contributed by atoms with Gasteiger partial charge in [0.05, 0.1) is 6.61 Å². The molecule has 0 aliphatic carbocycles.